The number of aryl methyl sites for hydroxylation is 2. The molecular formula is C12H11N3O. The zero-order chi connectivity index (χ0) is 11.3. The van der Waals surface area contributed by atoms with Gasteiger partial charge in [-0.25, -0.2) is 0 Å². The van der Waals surface area contributed by atoms with Crippen molar-refractivity contribution in [3.05, 3.63) is 29.5 Å². The van der Waals surface area contributed by atoms with Crippen LogP contribution in [0.4, 0.5) is 5.88 Å². The second-order valence-electron chi connectivity index (χ2n) is 4.04. The molecule has 2 N–H and O–H groups in total. The highest BCUT2D eigenvalue weighted by Gasteiger charge is 2.11. The monoisotopic (exact) mass is 213 g/mol. The van der Waals surface area contributed by atoms with Gasteiger partial charge in [0, 0.05) is 11.6 Å². The minimum atomic E-state index is 0.323. The Morgan fingerprint density at radius 3 is 2.88 bits per heavy atom. The van der Waals surface area contributed by atoms with Gasteiger partial charge in [-0.05, 0) is 31.0 Å². The average Bonchev–Trinajstić information content (AvgIpc) is 2.59. The summed E-state index contributed by atoms with van der Waals surface area (Å²) in [6, 6.07) is 4.14. The van der Waals surface area contributed by atoms with Gasteiger partial charge in [-0.2, -0.15) is 0 Å². The normalized spacial score (nSPS) is 11.4. The molecule has 0 aliphatic carbocycles. The molecule has 80 valence electrons. The van der Waals surface area contributed by atoms with Gasteiger partial charge in [-0.3, -0.25) is 4.98 Å². The van der Waals surface area contributed by atoms with Gasteiger partial charge in [0.1, 0.15) is 5.52 Å². The third-order valence-corrected chi connectivity index (χ3v) is 2.78. The quantitative estimate of drug-likeness (QED) is 0.623. The molecule has 0 fully saturated rings. The van der Waals surface area contributed by atoms with E-state index in [-0.39, 0.29) is 0 Å². The molecule has 0 unspecified atom stereocenters. The molecule has 2 aromatic heterocycles. The molecule has 0 aliphatic rings. The first kappa shape index (κ1) is 9.15. The summed E-state index contributed by atoms with van der Waals surface area (Å²) in [5, 5.41) is 5.79. The summed E-state index contributed by atoms with van der Waals surface area (Å²) in [5.74, 6) is 0.323. The number of pyridine rings is 1. The van der Waals surface area contributed by atoms with Crippen LogP contribution in [0.1, 0.15) is 11.1 Å². The third-order valence-electron chi connectivity index (χ3n) is 2.78. The lowest BCUT2D eigenvalue weighted by molar-refractivity contribution is 0.445. The zero-order valence-corrected chi connectivity index (χ0v) is 9.11. The summed E-state index contributed by atoms with van der Waals surface area (Å²) in [4.78, 5) is 4.38. The van der Waals surface area contributed by atoms with Crippen LogP contribution in [0.25, 0.3) is 21.8 Å². The molecule has 0 saturated carbocycles. The number of nitrogen functional groups attached to an aromatic ring is 1. The Balaban J connectivity index is 2.60. The SMILES string of the molecule is Cc1cc(C)c2c(c1)ncc1c(N)onc12. The maximum Gasteiger partial charge on any atom is 0.231 e. The molecule has 2 heterocycles. The van der Waals surface area contributed by atoms with E-state index in [2.05, 4.69) is 23.1 Å². The van der Waals surface area contributed by atoms with Crippen LogP contribution < -0.4 is 5.73 Å². The number of benzene rings is 1. The Hall–Kier alpha value is -2.10. The fraction of sp³-hybridized carbons (Fsp3) is 0.167. The van der Waals surface area contributed by atoms with Crippen molar-refractivity contribution in [3.63, 3.8) is 0 Å². The van der Waals surface area contributed by atoms with Crippen LogP contribution in [0.2, 0.25) is 0 Å². The lowest BCUT2D eigenvalue weighted by Gasteiger charge is -2.03. The highest BCUT2D eigenvalue weighted by molar-refractivity contribution is 6.07. The van der Waals surface area contributed by atoms with Gasteiger partial charge in [-0.15, -0.1) is 0 Å². The second-order valence-corrected chi connectivity index (χ2v) is 4.04. The zero-order valence-electron chi connectivity index (χ0n) is 9.11. The van der Waals surface area contributed by atoms with E-state index in [4.69, 9.17) is 10.3 Å². The van der Waals surface area contributed by atoms with Gasteiger partial charge < -0.3 is 10.3 Å². The summed E-state index contributed by atoms with van der Waals surface area (Å²) < 4.78 is 5.00. The molecule has 4 heteroatoms. The molecule has 16 heavy (non-hydrogen) atoms. The molecular weight excluding hydrogens is 202 g/mol. The van der Waals surface area contributed by atoms with Crippen molar-refractivity contribution < 1.29 is 4.52 Å². The minimum Gasteiger partial charge on any atom is -0.367 e. The van der Waals surface area contributed by atoms with Crippen LogP contribution in [-0.2, 0) is 0 Å². The van der Waals surface area contributed by atoms with Crippen LogP contribution >= 0.6 is 0 Å². The Morgan fingerprint density at radius 1 is 1.25 bits per heavy atom. The maximum absolute atomic E-state index is 5.68. The van der Waals surface area contributed by atoms with Crippen molar-refractivity contribution in [1.29, 1.82) is 0 Å². The van der Waals surface area contributed by atoms with Crippen molar-refractivity contribution in [2.45, 2.75) is 13.8 Å². The van der Waals surface area contributed by atoms with Crippen LogP contribution in [0.15, 0.2) is 22.9 Å². The minimum absolute atomic E-state index is 0.323. The smallest absolute Gasteiger partial charge is 0.231 e. The molecule has 0 saturated heterocycles. The number of rotatable bonds is 0. The van der Waals surface area contributed by atoms with Gasteiger partial charge in [-0.1, -0.05) is 11.2 Å². The van der Waals surface area contributed by atoms with E-state index in [1.807, 2.05) is 13.0 Å². The van der Waals surface area contributed by atoms with Gasteiger partial charge in [0.15, 0.2) is 0 Å². The lowest BCUT2D eigenvalue weighted by atomic mass is 10.0. The van der Waals surface area contributed by atoms with E-state index in [0.717, 1.165) is 27.4 Å². The fourth-order valence-electron chi connectivity index (χ4n) is 2.10. The third kappa shape index (κ3) is 1.10. The number of nitrogens with two attached hydrogens (primary N) is 1. The predicted octanol–water partition coefficient (Wildman–Crippen LogP) is 2.58. The Morgan fingerprint density at radius 2 is 2.06 bits per heavy atom. The highest BCUT2D eigenvalue weighted by atomic mass is 16.5. The van der Waals surface area contributed by atoms with Crippen molar-refractivity contribution in [2.24, 2.45) is 0 Å². The predicted molar refractivity (Wildman–Crippen MR) is 63.2 cm³/mol. The van der Waals surface area contributed by atoms with Gasteiger partial charge in [0.25, 0.3) is 0 Å². The number of fused-ring (bicyclic) bond motifs is 3. The Labute approximate surface area is 92.0 Å². The topological polar surface area (TPSA) is 64.9 Å². The van der Waals surface area contributed by atoms with Gasteiger partial charge in [0.2, 0.25) is 5.88 Å². The van der Waals surface area contributed by atoms with Gasteiger partial charge in [0.05, 0.1) is 10.9 Å². The first-order chi connectivity index (χ1) is 7.66. The van der Waals surface area contributed by atoms with Crippen LogP contribution in [0.5, 0.6) is 0 Å². The van der Waals surface area contributed by atoms with Crippen molar-refractivity contribution in [3.8, 4) is 0 Å². The maximum atomic E-state index is 5.68. The largest absolute Gasteiger partial charge is 0.367 e. The highest BCUT2D eigenvalue weighted by Crippen LogP contribution is 2.29. The Kier molecular flexibility index (Phi) is 1.68. The molecule has 1 aromatic carbocycles. The summed E-state index contributed by atoms with van der Waals surface area (Å²) in [7, 11) is 0. The molecule has 0 radical (unpaired) electrons. The summed E-state index contributed by atoms with van der Waals surface area (Å²) >= 11 is 0. The number of anilines is 1. The molecule has 0 aliphatic heterocycles. The summed E-state index contributed by atoms with van der Waals surface area (Å²) in [6.45, 7) is 4.09. The van der Waals surface area contributed by atoms with E-state index < -0.39 is 0 Å². The molecule has 0 atom stereocenters. The van der Waals surface area contributed by atoms with E-state index in [9.17, 15) is 0 Å². The first-order valence-corrected chi connectivity index (χ1v) is 5.07. The van der Waals surface area contributed by atoms with Crippen LogP contribution in [0.3, 0.4) is 0 Å². The molecule has 4 nitrogen and oxygen atoms in total. The summed E-state index contributed by atoms with van der Waals surface area (Å²) in [6.07, 6.45) is 1.71. The number of aromatic nitrogens is 2. The molecule has 0 spiro atoms. The standard InChI is InChI=1S/C12H11N3O/c1-6-3-7(2)10-9(4-6)14-5-8-11(10)15-16-12(8)13/h3-5H,13H2,1-2H3. The van der Waals surface area contributed by atoms with Crippen LogP contribution in [-0.4, -0.2) is 10.1 Å². The first-order valence-electron chi connectivity index (χ1n) is 5.07. The fourth-order valence-corrected chi connectivity index (χ4v) is 2.10. The molecule has 3 rings (SSSR count). The summed E-state index contributed by atoms with van der Waals surface area (Å²) in [5.41, 5.74) is 9.73. The van der Waals surface area contributed by atoms with Crippen molar-refractivity contribution >= 4 is 27.7 Å². The molecule has 0 bridgehead atoms. The number of hydrogen-bond acceptors (Lipinski definition) is 4. The number of hydrogen-bond donors (Lipinski definition) is 1. The van der Waals surface area contributed by atoms with E-state index in [1.165, 1.54) is 5.56 Å². The van der Waals surface area contributed by atoms with Crippen molar-refractivity contribution in [2.75, 3.05) is 5.73 Å². The van der Waals surface area contributed by atoms with E-state index in [1.54, 1.807) is 6.20 Å². The Bertz CT molecular complexity index is 700. The van der Waals surface area contributed by atoms with E-state index >= 15 is 0 Å². The number of nitrogens with zero attached hydrogens (tertiary/aromatic N) is 2. The van der Waals surface area contributed by atoms with E-state index in [0.29, 0.717) is 5.88 Å². The molecule has 3 aromatic rings. The van der Waals surface area contributed by atoms with Crippen LogP contribution in [0, 0.1) is 13.8 Å². The lowest BCUT2D eigenvalue weighted by Crippen LogP contribution is -1.87. The van der Waals surface area contributed by atoms with Crippen molar-refractivity contribution in [1.82, 2.24) is 10.1 Å². The molecule has 0 amide bonds. The average molecular weight is 213 g/mol. The van der Waals surface area contributed by atoms with Gasteiger partial charge >= 0.3 is 0 Å². The second kappa shape index (κ2) is 2.95.